The zero-order chi connectivity index (χ0) is 18.0. The van der Waals surface area contributed by atoms with Gasteiger partial charge in [-0.15, -0.1) is 0 Å². The van der Waals surface area contributed by atoms with E-state index in [4.69, 9.17) is 39.7 Å². The molecule has 0 saturated heterocycles. The minimum absolute atomic E-state index is 0.0600. The maximum absolute atomic E-state index is 9.55. The first-order valence-corrected chi connectivity index (χ1v) is 6.73. The Balaban J connectivity index is -0.000000257. The SMILES string of the molecule is O=C(O)/C=C/C(=O)O.O=P(O)(O)O.OCCONOCCO. The number of carboxylic acid groups (broad SMARTS) is 2. The minimum atomic E-state index is -4.64. The number of aliphatic hydroxyl groups excluding tert-OH is 2. The van der Waals surface area contributed by atoms with Crippen LogP contribution < -0.4 is 5.64 Å². The van der Waals surface area contributed by atoms with Crippen LogP contribution >= 0.6 is 7.82 Å². The molecular formula is C8H18NO12P. The first-order chi connectivity index (χ1) is 10.0. The summed E-state index contributed by atoms with van der Waals surface area (Å²) in [6.07, 6.45) is 1.12. The molecule has 132 valence electrons. The van der Waals surface area contributed by atoms with E-state index in [1.54, 1.807) is 0 Å². The molecule has 0 amide bonds. The molecule has 0 atom stereocenters. The van der Waals surface area contributed by atoms with Crippen molar-refractivity contribution >= 4 is 19.8 Å². The van der Waals surface area contributed by atoms with Gasteiger partial charge in [-0.1, -0.05) is 5.64 Å². The maximum atomic E-state index is 9.55. The number of hydrogen-bond acceptors (Lipinski definition) is 8. The Morgan fingerprint density at radius 2 is 1.18 bits per heavy atom. The highest BCUT2D eigenvalue weighted by Gasteiger charge is 2.00. The molecule has 0 aliphatic rings. The Morgan fingerprint density at radius 3 is 1.36 bits per heavy atom. The van der Waals surface area contributed by atoms with Crippen molar-refractivity contribution < 1.29 is 58.9 Å². The van der Waals surface area contributed by atoms with Crippen molar-refractivity contribution in [2.24, 2.45) is 0 Å². The number of aliphatic carboxylic acids is 2. The molecule has 0 aliphatic heterocycles. The summed E-state index contributed by atoms with van der Waals surface area (Å²) in [6.45, 7) is 0.224. The van der Waals surface area contributed by atoms with Gasteiger partial charge in [0.05, 0.1) is 26.4 Å². The smallest absolute Gasteiger partial charge is 0.466 e. The average Bonchev–Trinajstić information content (AvgIpc) is 2.35. The molecule has 0 unspecified atom stereocenters. The van der Waals surface area contributed by atoms with Gasteiger partial charge in [-0.2, -0.15) is 0 Å². The van der Waals surface area contributed by atoms with Crippen LogP contribution in [0.5, 0.6) is 0 Å². The van der Waals surface area contributed by atoms with E-state index in [0.717, 1.165) is 0 Å². The molecule has 8 N–H and O–H groups in total. The standard InChI is InChI=1S/C4H11NO4.C4H4O4.H3O4P/c6-1-3-8-5-9-4-2-7;5-3(6)1-2-4(7)8;1-5(2,3)4/h5-7H,1-4H2;1-2H,(H,5,6)(H,7,8);(H3,1,2,3,4)/b;2-1+;. The second-order valence-electron chi connectivity index (χ2n) is 2.75. The second-order valence-corrected chi connectivity index (χ2v) is 3.78. The summed E-state index contributed by atoms with van der Waals surface area (Å²) in [5.41, 5.74) is 2.07. The van der Waals surface area contributed by atoms with Crippen molar-refractivity contribution in [3.8, 4) is 0 Å². The Morgan fingerprint density at radius 1 is 0.909 bits per heavy atom. The van der Waals surface area contributed by atoms with Gasteiger partial charge in [-0.05, 0) is 0 Å². The van der Waals surface area contributed by atoms with Gasteiger partial charge in [0.15, 0.2) is 0 Å². The Labute approximate surface area is 124 Å². The average molecular weight is 351 g/mol. The third-order valence-corrected chi connectivity index (χ3v) is 0.873. The van der Waals surface area contributed by atoms with Crippen molar-refractivity contribution in [2.45, 2.75) is 0 Å². The summed E-state index contributed by atoms with van der Waals surface area (Å²) < 4.78 is 8.88. The monoisotopic (exact) mass is 351 g/mol. The lowest BCUT2D eigenvalue weighted by atomic mass is 10.5. The first-order valence-electron chi connectivity index (χ1n) is 5.17. The lowest BCUT2D eigenvalue weighted by molar-refractivity contribution is -0.178. The molecule has 0 aromatic heterocycles. The normalized spacial score (nSPS) is 10.2. The van der Waals surface area contributed by atoms with Gasteiger partial charge >= 0.3 is 19.8 Å². The molecular weight excluding hydrogens is 333 g/mol. The zero-order valence-electron chi connectivity index (χ0n) is 11.1. The van der Waals surface area contributed by atoms with E-state index in [0.29, 0.717) is 12.2 Å². The van der Waals surface area contributed by atoms with Gasteiger partial charge in [0.2, 0.25) is 0 Å². The number of carbonyl (C=O) groups is 2. The molecule has 22 heavy (non-hydrogen) atoms. The van der Waals surface area contributed by atoms with Gasteiger partial charge in [-0.25, -0.2) is 14.2 Å². The lowest BCUT2D eigenvalue weighted by Gasteiger charge is -2.01. The highest BCUT2D eigenvalue weighted by Crippen LogP contribution is 2.25. The van der Waals surface area contributed by atoms with E-state index < -0.39 is 19.8 Å². The predicted molar refractivity (Wildman–Crippen MR) is 67.9 cm³/mol. The van der Waals surface area contributed by atoms with Gasteiger partial charge in [0.25, 0.3) is 0 Å². The Kier molecular flexibility index (Phi) is 20.5. The van der Waals surface area contributed by atoms with E-state index in [1.807, 2.05) is 0 Å². The predicted octanol–water partition coefficient (Wildman–Crippen LogP) is -2.79. The first kappa shape index (κ1) is 25.5. The quantitative estimate of drug-likeness (QED) is 0.0958. The largest absolute Gasteiger partial charge is 0.478 e. The third kappa shape index (κ3) is 62.5. The second kappa shape index (κ2) is 17.6. The number of aliphatic hydroxyl groups is 2. The van der Waals surface area contributed by atoms with E-state index in [9.17, 15) is 9.59 Å². The van der Waals surface area contributed by atoms with Gasteiger partial charge in [0.1, 0.15) is 0 Å². The van der Waals surface area contributed by atoms with E-state index in [2.05, 4.69) is 15.3 Å². The molecule has 0 bridgehead atoms. The molecule has 0 spiro atoms. The van der Waals surface area contributed by atoms with Gasteiger partial charge in [0, 0.05) is 12.2 Å². The molecule has 0 aromatic carbocycles. The van der Waals surface area contributed by atoms with Crippen LogP contribution in [0.25, 0.3) is 0 Å². The highest BCUT2D eigenvalue weighted by molar-refractivity contribution is 7.45. The van der Waals surface area contributed by atoms with Crippen LogP contribution in [-0.2, 0) is 23.8 Å². The molecule has 0 saturated carbocycles. The van der Waals surface area contributed by atoms with E-state index in [-0.39, 0.29) is 26.4 Å². The van der Waals surface area contributed by atoms with Crippen LogP contribution in [0, 0.1) is 0 Å². The highest BCUT2D eigenvalue weighted by atomic mass is 31.2. The molecule has 0 aliphatic carbocycles. The lowest BCUT2D eigenvalue weighted by Crippen LogP contribution is -2.19. The van der Waals surface area contributed by atoms with Crippen LogP contribution in [0.3, 0.4) is 0 Å². The summed E-state index contributed by atoms with van der Waals surface area (Å²) in [6, 6.07) is 0. The number of rotatable bonds is 8. The van der Waals surface area contributed by atoms with E-state index >= 15 is 0 Å². The number of phosphoric acid groups is 1. The molecule has 13 nitrogen and oxygen atoms in total. The number of nitrogens with one attached hydrogen (secondary N) is 1. The maximum Gasteiger partial charge on any atom is 0.466 e. The fourth-order valence-corrected chi connectivity index (χ4v) is 0.359. The Hall–Kier alpha value is -1.41. The van der Waals surface area contributed by atoms with Crippen molar-refractivity contribution in [1.29, 1.82) is 0 Å². The molecule has 14 heteroatoms. The minimum Gasteiger partial charge on any atom is -0.478 e. The van der Waals surface area contributed by atoms with Crippen molar-refractivity contribution in [3.05, 3.63) is 12.2 Å². The van der Waals surface area contributed by atoms with Gasteiger partial charge in [-0.3, -0.25) is 9.68 Å². The molecule has 0 radical (unpaired) electrons. The van der Waals surface area contributed by atoms with Crippen molar-refractivity contribution in [2.75, 3.05) is 26.4 Å². The summed E-state index contributed by atoms with van der Waals surface area (Å²) in [4.78, 5) is 49.6. The third-order valence-electron chi connectivity index (χ3n) is 0.873. The molecule has 0 fully saturated rings. The zero-order valence-corrected chi connectivity index (χ0v) is 12.0. The molecule has 0 aromatic rings. The molecule has 0 heterocycles. The fourth-order valence-electron chi connectivity index (χ4n) is 0.359. The van der Waals surface area contributed by atoms with Crippen LogP contribution in [0.1, 0.15) is 0 Å². The summed E-state index contributed by atoms with van der Waals surface area (Å²) >= 11 is 0. The topological polar surface area (TPSA) is 223 Å². The van der Waals surface area contributed by atoms with Crippen molar-refractivity contribution in [3.63, 3.8) is 0 Å². The van der Waals surface area contributed by atoms with Gasteiger partial charge < -0.3 is 35.1 Å². The Bertz CT molecular complexity index is 323. The van der Waals surface area contributed by atoms with E-state index in [1.165, 1.54) is 0 Å². The van der Waals surface area contributed by atoms with Crippen LogP contribution in [-0.4, -0.2) is 73.5 Å². The van der Waals surface area contributed by atoms with Crippen molar-refractivity contribution in [1.82, 2.24) is 5.64 Å². The molecule has 0 rings (SSSR count). The van der Waals surface area contributed by atoms with Crippen LogP contribution in [0.2, 0.25) is 0 Å². The van der Waals surface area contributed by atoms with Crippen LogP contribution in [0.4, 0.5) is 0 Å². The fraction of sp³-hybridized carbons (Fsp3) is 0.500. The summed E-state index contributed by atoms with van der Waals surface area (Å²) in [5.74, 6) is -2.51. The summed E-state index contributed by atoms with van der Waals surface area (Å²) in [5, 5.41) is 31.9. The van der Waals surface area contributed by atoms with Crippen LogP contribution in [0.15, 0.2) is 12.2 Å². The number of hydrogen-bond donors (Lipinski definition) is 8. The number of carboxylic acids is 2. The summed E-state index contributed by atoms with van der Waals surface area (Å²) in [7, 11) is -4.64.